The number of amides is 1. The number of nitrogens with zero attached hydrogens (tertiary/aromatic N) is 2. The van der Waals surface area contributed by atoms with E-state index >= 15 is 0 Å². The molecule has 1 aliphatic carbocycles. The van der Waals surface area contributed by atoms with E-state index in [-0.39, 0.29) is 5.91 Å². The summed E-state index contributed by atoms with van der Waals surface area (Å²) in [5.74, 6) is 1.42. The molecule has 0 aromatic carbocycles. The van der Waals surface area contributed by atoms with Gasteiger partial charge in [0.2, 0.25) is 10.1 Å². The van der Waals surface area contributed by atoms with Crippen molar-refractivity contribution in [1.29, 1.82) is 0 Å². The SMILES string of the molecule is CCC1CCC(CNC(=O)c2nnc(NC)s2)CC1. The smallest absolute Gasteiger partial charge is 0.282 e. The number of anilines is 1. The summed E-state index contributed by atoms with van der Waals surface area (Å²) in [5.41, 5.74) is 0. The Morgan fingerprint density at radius 1 is 1.26 bits per heavy atom. The van der Waals surface area contributed by atoms with Crippen molar-refractivity contribution in [3.05, 3.63) is 5.01 Å². The highest BCUT2D eigenvalue weighted by molar-refractivity contribution is 7.17. The summed E-state index contributed by atoms with van der Waals surface area (Å²) in [6.45, 7) is 3.03. The number of carbonyl (C=O) groups is 1. The molecule has 2 rings (SSSR count). The van der Waals surface area contributed by atoms with E-state index in [4.69, 9.17) is 0 Å². The molecule has 1 saturated carbocycles. The van der Waals surface area contributed by atoms with Crippen LogP contribution < -0.4 is 10.6 Å². The molecule has 0 unspecified atom stereocenters. The lowest BCUT2D eigenvalue weighted by atomic mass is 9.81. The van der Waals surface area contributed by atoms with Crippen molar-refractivity contribution in [3.8, 4) is 0 Å². The lowest BCUT2D eigenvalue weighted by Gasteiger charge is -2.27. The van der Waals surface area contributed by atoms with Crippen LogP contribution in [0.1, 0.15) is 48.8 Å². The van der Waals surface area contributed by atoms with E-state index in [0.29, 0.717) is 16.1 Å². The highest BCUT2D eigenvalue weighted by Gasteiger charge is 2.21. The fraction of sp³-hybridized carbons (Fsp3) is 0.769. The predicted molar refractivity (Wildman–Crippen MR) is 77.5 cm³/mol. The molecule has 1 aromatic heterocycles. The summed E-state index contributed by atoms with van der Waals surface area (Å²) >= 11 is 1.29. The van der Waals surface area contributed by atoms with Crippen LogP contribution in [0, 0.1) is 11.8 Å². The van der Waals surface area contributed by atoms with Crippen LogP contribution >= 0.6 is 11.3 Å². The number of hydrogen-bond acceptors (Lipinski definition) is 5. The summed E-state index contributed by atoms with van der Waals surface area (Å²) in [6, 6.07) is 0. The Morgan fingerprint density at radius 3 is 2.53 bits per heavy atom. The molecule has 6 heteroatoms. The maximum Gasteiger partial charge on any atom is 0.282 e. The molecule has 0 bridgehead atoms. The third-order valence-electron chi connectivity index (χ3n) is 3.93. The van der Waals surface area contributed by atoms with Crippen molar-refractivity contribution in [2.45, 2.75) is 39.0 Å². The first-order valence-corrected chi connectivity index (χ1v) is 7.84. The molecule has 1 fully saturated rings. The lowest BCUT2D eigenvalue weighted by Crippen LogP contribution is -2.31. The lowest BCUT2D eigenvalue weighted by molar-refractivity contribution is 0.0940. The fourth-order valence-corrected chi connectivity index (χ4v) is 3.19. The van der Waals surface area contributed by atoms with Gasteiger partial charge >= 0.3 is 0 Å². The first-order valence-electron chi connectivity index (χ1n) is 7.02. The van der Waals surface area contributed by atoms with Crippen molar-refractivity contribution in [3.63, 3.8) is 0 Å². The quantitative estimate of drug-likeness (QED) is 0.871. The van der Waals surface area contributed by atoms with E-state index in [2.05, 4.69) is 27.8 Å². The van der Waals surface area contributed by atoms with Crippen LogP contribution in [0.3, 0.4) is 0 Å². The van der Waals surface area contributed by atoms with Crippen molar-refractivity contribution in [2.24, 2.45) is 11.8 Å². The van der Waals surface area contributed by atoms with E-state index in [9.17, 15) is 4.79 Å². The molecule has 0 atom stereocenters. The molecule has 2 N–H and O–H groups in total. The minimum Gasteiger partial charge on any atom is -0.363 e. The average molecular weight is 282 g/mol. The van der Waals surface area contributed by atoms with E-state index in [1.54, 1.807) is 7.05 Å². The summed E-state index contributed by atoms with van der Waals surface area (Å²) in [4.78, 5) is 11.9. The number of rotatable bonds is 5. The van der Waals surface area contributed by atoms with Gasteiger partial charge in [-0.25, -0.2) is 0 Å². The Bertz CT molecular complexity index is 413. The third-order valence-corrected chi connectivity index (χ3v) is 4.87. The van der Waals surface area contributed by atoms with Gasteiger partial charge in [0, 0.05) is 13.6 Å². The predicted octanol–water partition coefficient (Wildman–Crippen LogP) is 2.53. The van der Waals surface area contributed by atoms with Crippen LogP contribution in [0.2, 0.25) is 0 Å². The van der Waals surface area contributed by atoms with Gasteiger partial charge in [0.05, 0.1) is 0 Å². The molecule has 1 aromatic rings. The van der Waals surface area contributed by atoms with E-state index < -0.39 is 0 Å². The molecule has 1 aliphatic rings. The highest BCUT2D eigenvalue weighted by atomic mass is 32.1. The van der Waals surface area contributed by atoms with Crippen molar-refractivity contribution in [2.75, 3.05) is 18.9 Å². The van der Waals surface area contributed by atoms with Crippen molar-refractivity contribution >= 4 is 22.4 Å². The minimum absolute atomic E-state index is 0.100. The van der Waals surface area contributed by atoms with Crippen LogP contribution in [0.4, 0.5) is 5.13 Å². The molecule has 0 radical (unpaired) electrons. The first kappa shape index (κ1) is 14.2. The maximum atomic E-state index is 11.9. The number of hydrogen-bond donors (Lipinski definition) is 2. The van der Waals surface area contributed by atoms with Crippen LogP contribution in [-0.2, 0) is 0 Å². The summed E-state index contributed by atoms with van der Waals surface area (Å²) in [5, 5.41) is 14.7. The second-order valence-electron chi connectivity index (χ2n) is 5.17. The maximum absolute atomic E-state index is 11.9. The Balaban J connectivity index is 1.75. The summed E-state index contributed by atoms with van der Waals surface area (Å²) < 4.78 is 0. The Hall–Kier alpha value is -1.17. The largest absolute Gasteiger partial charge is 0.363 e. The molecule has 19 heavy (non-hydrogen) atoms. The van der Waals surface area contributed by atoms with Gasteiger partial charge in [0.1, 0.15) is 0 Å². The fourth-order valence-electron chi connectivity index (χ4n) is 2.57. The standard InChI is InChI=1S/C13H22N4OS/c1-3-9-4-6-10(7-5-9)8-15-11(18)12-16-17-13(14-2)19-12/h9-10H,3-8H2,1-2H3,(H,14,17)(H,15,18). The zero-order chi connectivity index (χ0) is 13.7. The van der Waals surface area contributed by atoms with Crippen LogP contribution in [0.15, 0.2) is 0 Å². The van der Waals surface area contributed by atoms with Crippen molar-refractivity contribution in [1.82, 2.24) is 15.5 Å². The molecule has 1 heterocycles. The van der Waals surface area contributed by atoms with Crippen LogP contribution in [0.25, 0.3) is 0 Å². The van der Waals surface area contributed by atoms with Gasteiger partial charge in [-0.3, -0.25) is 4.79 Å². The molecular weight excluding hydrogens is 260 g/mol. The number of carbonyl (C=O) groups excluding carboxylic acids is 1. The topological polar surface area (TPSA) is 66.9 Å². The van der Waals surface area contributed by atoms with Gasteiger partial charge in [-0.2, -0.15) is 0 Å². The second-order valence-corrected chi connectivity index (χ2v) is 6.14. The first-order chi connectivity index (χ1) is 9.22. The molecular formula is C13H22N4OS. The third kappa shape index (κ3) is 3.89. The number of aromatic nitrogens is 2. The zero-order valence-electron chi connectivity index (χ0n) is 11.6. The summed E-state index contributed by atoms with van der Waals surface area (Å²) in [7, 11) is 1.77. The van der Waals surface area contributed by atoms with Crippen LogP contribution in [-0.4, -0.2) is 29.7 Å². The normalized spacial score (nSPS) is 23.1. The van der Waals surface area contributed by atoms with E-state index in [1.165, 1.54) is 43.4 Å². The van der Waals surface area contributed by atoms with Gasteiger partial charge in [0.15, 0.2) is 0 Å². The molecule has 1 amide bonds. The van der Waals surface area contributed by atoms with E-state index in [1.807, 2.05) is 0 Å². The summed E-state index contributed by atoms with van der Waals surface area (Å²) in [6.07, 6.45) is 6.36. The molecule has 0 aliphatic heterocycles. The van der Waals surface area contributed by atoms with Gasteiger partial charge in [0.25, 0.3) is 5.91 Å². The Kier molecular flexibility index (Phi) is 5.13. The molecule has 0 saturated heterocycles. The highest BCUT2D eigenvalue weighted by Crippen LogP contribution is 2.30. The number of nitrogens with one attached hydrogen (secondary N) is 2. The van der Waals surface area contributed by atoms with Crippen LogP contribution in [0.5, 0.6) is 0 Å². The minimum atomic E-state index is -0.100. The Morgan fingerprint density at radius 2 is 1.95 bits per heavy atom. The van der Waals surface area contributed by atoms with Gasteiger partial charge in [-0.1, -0.05) is 37.5 Å². The monoisotopic (exact) mass is 282 g/mol. The average Bonchev–Trinajstić information content (AvgIpc) is 2.94. The van der Waals surface area contributed by atoms with Crippen molar-refractivity contribution < 1.29 is 4.79 Å². The Labute approximate surface area is 118 Å². The van der Waals surface area contributed by atoms with E-state index in [0.717, 1.165) is 12.5 Å². The zero-order valence-corrected chi connectivity index (χ0v) is 12.4. The molecule has 5 nitrogen and oxygen atoms in total. The van der Waals surface area contributed by atoms with Gasteiger partial charge in [-0.15, -0.1) is 10.2 Å². The molecule has 0 spiro atoms. The second kappa shape index (κ2) is 6.84. The molecule has 106 valence electrons. The van der Waals surface area contributed by atoms with Gasteiger partial charge in [-0.05, 0) is 24.7 Å². The van der Waals surface area contributed by atoms with Gasteiger partial charge < -0.3 is 10.6 Å².